The van der Waals surface area contributed by atoms with Crippen molar-refractivity contribution in [3.63, 3.8) is 0 Å². The normalized spacial score (nSPS) is 17.3. The zero-order chi connectivity index (χ0) is 18.8. The predicted octanol–water partition coefficient (Wildman–Crippen LogP) is 2.14. The van der Waals surface area contributed by atoms with Crippen LogP contribution in [-0.4, -0.2) is 75.3 Å². The number of rotatable bonds is 8. The van der Waals surface area contributed by atoms with Gasteiger partial charge in [0.05, 0.1) is 6.61 Å². The van der Waals surface area contributed by atoms with E-state index in [9.17, 15) is 0 Å². The molecule has 0 saturated carbocycles. The van der Waals surface area contributed by atoms with Gasteiger partial charge in [0, 0.05) is 59.5 Å². The van der Waals surface area contributed by atoms with Crippen LogP contribution in [0.5, 0.6) is 0 Å². The molecule has 0 amide bonds. The monoisotopic (exact) mass is 489 g/mol. The summed E-state index contributed by atoms with van der Waals surface area (Å²) in [5.41, 5.74) is 2.64. The summed E-state index contributed by atoms with van der Waals surface area (Å²) in [6.45, 7) is 12.6. The molecule has 2 N–H and O–H groups in total. The van der Waals surface area contributed by atoms with E-state index in [0.29, 0.717) is 6.61 Å². The average molecular weight is 489 g/mol. The number of aliphatic imine (C=N–C) groups is 1. The smallest absolute Gasteiger partial charge is 0.191 e. The van der Waals surface area contributed by atoms with E-state index in [1.807, 2.05) is 0 Å². The van der Waals surface area contributed by atoms with Crippen LogP contribution < -0.4 is 10.6 Å². The summed E-state index contributed by atoms with van der Waals surface area (Å²) in [6, 6.07) is 9.12. The van der Waals surface area contributed by atoms with E-state index in [1.54, 1.807) is 14.2 Å². The largest absolute Gasteiger partial charge is 0.383 e. The number of guanidine groups is 1. The summed E-state index contributed by atoms with van der Waals surface area (Å²) in [6.07, 6.45) is 0. The molecule has 1 unspecified atom stereocenters. The molecule has 0 radical (unpaired) electrons. The molecule has 1 aliphatic heterocycles. The van der Waals surface area contributed by atoms with Gasteiger partial charge < -0.3 is 20.3 Å². The Bertz CT molecular complexity index is 544. The second kappa shape index (κ2) is 13.3. The molecule has 6 nitrogen and oxygen atoms in total. The van der Waals surface area contributed by atoms with E-state index in [1.165, 1.54) is 37.3 Å². The second-order valence-corrected chi connectivity index (χ2v) is 6.95. The molecule has 1 aliphatic rings. The standard InChI is InChI=1S/C20H35N5O.HI/c1-5-24-10-12-25(13-11-24)15-19-8-6-18(7-9-19)14-22-20(21-3)23-17(2)16-26-4;/h6-9,17H,5,10-16H2,1-4H3,(H2,21,22,23);1H. The molecule has 1 saturated heterocycles. The van der Waals surface area contributed by atoms with Crippen LogP contribution in [0.25, 0.3) is 0 Å². The number of ether oxygens (including phenoxy) is 1. The van der Waals surface area contributed by atoms with Gasteiger partial charge in [-0.3, -0.25) is 9.89 Å². The third-order valence-electron chi connectivity index (χ3n) is 4.82. The fraction of sp³-hybridized carbons (Fsp3) is 0.650. The van der Waals surface area contributed by atoms with E-state index in [4.69, 9.17) is 4.74 Å². The summed E-state index contributed by atoms with van der Waals surface area (Å²) >= 11 is 0. The molecule has 1 aromatic rings. The maximum atomic E-state index is 5.15. The van der Waals surface area contributed by atoms with Crippen LogP contribution in [0.2, 0.25) is 0 Å². The van der Waals surface area contributed by atoms with Gasteiger partial charge in [-0.25, -0.2) is 0 Å². The van der Waals surface area contributed by atoms with Crippen LogP contribution in [0.3, 0.4) is 0 Å². The SMILES string of the molecule is CCN1CCN(Cc2ccc(CNC(=NC)NC(C)COC)cc2)CC1.I. The molecule has 27 heavy (non-hydrogen) atoms. The lowest BCUT2D eigenvalue weighted by Crippen LogP contribution is -2.45. The predicted molar refractivity (Wildman–Crippen MR) is 124 cm³/mol. The number of likely N-dealkylation sites (N-methyl/N-ethyl adjacent to an activating group) is 1. The first-order valence-electron chi connectivity index (χ1n) is 9.63. The Balaban J connectivity index is 0.00000364. The van der Waals surface area contributed by atoms with Crippen molar-refractivity contribution < 1.29 is 4.74 Å². The Labute approximate surface area is 181 Å². The number of hydrogen-bond acceptors (Lipinski definition) is 4. The number of nitrogens with one attached hydrogen (secondary N) is 2. The zero-order valence-corrected chi connectivity index (χ0v) is 19.5. The number of hydrogen-bond donors (Lipinski definition) is 2. The van der Waals surface area contributed by atoms with Crippen molar-refractivity contribution >= 4 is 29.9 Å². The number of benzene rings is 1. The van der Waals surface area contributed by atoms with Crippen molar-refractivity contribution in [1.29, 1.82) is 0 Å². The minimum absolute atomic E-state index is 0. The van der Waals surface area contributed by atoms with Crippen LogP contribution in [0, 0.1) is 0 Å². The molecule has 154 valence electrons. The van der Waals surface area contributed by atoms with Crippen molar-refractivity contribution in [2.24, 2.45) is 4.99 Å². The van der Waals surface area contributed by atoms with Gasteiger partial charge in [-0.15, -0.1) is 24.0 Å². The third kappa shape index (κ3) is 8.76. The second-order valence-electron chi connectivity index (χ2n) is 6.95. The van der Waals surface area contributed by atoms with E-state index < -0.39 is 0 Å². The van der Waals surface area contributed by atoms with Crippen molar-refractivity contribution in [1.82, 2.24) is 20.4 Å². The van der Waals surface area contributed by atoms with Crippen LogP contribution >= 0.6 is 24.0 Å². The molecular weight excluding hydrogens is 453 g/mol. The molecular formula is C20H36IN5O. The Kier molecular flexibility index (Phi) is 11.9. The van der Waals surface area contributed by atoms with Gasteiger partial charge in [-0.1, -0.05) is 31.2 Å². The van der Waals surface area contributed by atoms with E-state index >= 15 is 0 Å². The van der Waals surface area contributed by atoms with Gasteiger partial charge in [0.25, 0.3) is 0 Å². The van der Waals surface area contributed by atoms with E-state index in [-0.39, 0.29) is 30.0 Å². The van der Waals surface area contributed by atoms with Crippen LogP contribution in [0.1, 0.15) is 25.0 Å². The Morgan fingerprint density at radius 3 is 2.26 bits per heavy atom. The highest BCUT2D eigenvalue weighted by Gasteiger charge is 2.15. The Morgan fingerprint density at radius 2 is 1.70 bits per heavy atom. The summed E-state index contributed by atoms with van der Waals surface area (Å²) in [7, 11) is 3.50. The fourth-order valence-corrected chi connectivity index (χ4v) is 3.19. The van der Waals surface area contributed by atoms with Gasteiger partial charge >= 0.3 is 0 Å². The summed E-state index contributed by atoms with van der Waals surface area (Å²) in [5.74, 6) is 0.799. The van der Waals surface area contributed by atoms with Gasteiger partial charge in [0.2, 0.25) is 0 Å². The molecule has 1 aromatic carbocycles. The van der Waals surface area contributed by atoms with Crippen molar-refractivity contribution in [2.75, 3.05) is 53.5 Å². The number of nitrogens with zero attached hydrogens (tertiary/aromatic N) is 3. The van der Waals surface area contributed by atoms with Crippen molar-refractivity contribution in [3.8, 4) is 0 Å². The van der Waals surface area contributed by atoms with Gasteiger partial charge in [-0.2, -0.15) is 0 Å². The molecule has 0 aromatic heterocycles. The zero-order valence-electron chi connectivity index (χ0n) is 17.2. The summed E-state index contributed by atoms with van der Waals surface area (Å²) in [5, 5.41) is 6.67. The lowest BCUT2D eigenvalue weighted by molar-refractivity contribution is 0.132. The number of halogens is 1. The molecule has 0 aliphatic carbocycles. The molecule has 7 heteroatoms. The molecule has 0 bridgehead atoms. The number of methoxy groups -OCH3 is 1. The highest BCUT2D eigenvalue weighted by Crippen LogP contribution is 2.10. The topological polar surface area (TPSA) is 52.1 Å². The summed E-state index contributed by atoms with van der Waals surface area (Å²) in [4.78, 5) is 9.32. The maximum absolute atomic E-state index is 5.15. The lowest BCUT2D eigenvalue weighted by Gasteiger charge is -2.34. The third-order valence-corrected chi connectivity index (χ3v) is 4.82. The van der Waals surface area contributed by atoms with Crippen molar-refractivity contribution in [3.05, 3.63) is 35.4 Å². The minimum Gasteiger partial charge on any atom is -0.383 e. The lowest BCUT2D eigenvalue weighted by atomic mass is 10.1. The van der Waals surface area contributed by atoms with Crippen LogP contribution in [0.4, 0.5) is 0 Å². The molecule has 2 rings (SSSR count). The molecule has 1 fully saturated rings. The Morgan fingerprint density at radius 1 is 1.11 bits per heavy atom. The first-order valence-corrected chi connectivity index (χ1v) is 9.63. The van der Waals surface area contributed by atoms with Crippen molar-refractivity contribution in [2.45, 2.75) is 33.0 Å². The molecule has 1 heterocycles. The maximum Gasteiger partial charge on any atom is 0.191 e. The van der Waals surface area contributed by atoms with Gasteiger partial charge in [-0.05, 0) is 24.6 Å². The first-order chi connectivity index (χ1) is 12.6. The van der Waals surface area contributed by atoms with E-state index in [2.05, 4.69) is 63.5 Å². The molecule has 1 atom stereocenters. The van der Waals surface area contributed by atoms with Gasteiger partial charge in [0.1, 0.15) is 0 Å². The quantitative estimate of drug-likeness (QED) is 0.333. The number of piperazine rings is 1. The van der Waals surface area contributed by atoms with Crippen LogP contribution in [-0.2, 0) is 17.8 Å². The van der Waals surface area contributed by atoms with Gasteiger partial charge in [0.15, 0.2) is 5.96 Å². The van der Waals surface area contributed by atoms with Crippen LogP contribution in [0.15, 0.2) is 29.3 Å². The average Bonchev–Trinajstić information content (AvgIpc) is 2.67. The first kappa shape index (κ1) is 24.1. The fourth-order valence-electron chi connectivity index (χ4n) is 3.19. The van der Waals surface area contributed by atoms with E-state index in [0.717, 1.165) is 25.6 Å². The Hall–Kier alpha value is -0.900. The minimum atomic E-state index is 0. The highest BCUT2D eigenvalue weighted by atomic mass is 127. The highest BCUT2D eigenvalue weighted by molar-refractivity contribution is 14.0. The molecule has 0 spiro atoms. The summed E-state index contributed by atoms with van der Waals surface area (Å²) < 4.78 is 5.15.